The van der Waals surface area contributed by atoms with Gasteiger partial charge in [-0.1, -0.05) is 0 Å². The van der Waals surface area contributed by atoms with Gasteiger partial charge in [0.15, 0.2) is 6.10 Å². The van der Waals surface area contributed by atoms with Gasteiger partial charge in [0.05, 0.1) is 16.3 Å². The van der Waals surface area contributed by atoms with E-state index in [1.165, 1.54) is 0 Å². The number of hydrogen-bond acceptors (Lipinski definition) is 5. The molecule has 0 unspecified atom stereocenters. The molecule has 0 spiro atoms. The van der Waals surface area contributed by atoms with Gasteiger partial charge in [0.2, 0.25) is 0 Å². The zero-order valence-electron chi connectivity index (χ0n) is 13.2. The number of carbonyl (C=O) groups excluding carboxylic acids is 2. The summed E-state index contributed by atoms with van der Waals surface area (Å²) in [5.41, 5.74) is 1.43. The van der Waals surface area contributed by atoms with Gasteiger partial charge >= 0.3 is 5.97 Å². The molecule has 1 N–H and O–H groups in total. The molecule has 6 nitrogen and oxygen atoms in total. The molecule has 0 radical (unpaired) electrons. The lowest BCUT2D eigenvalue weighted by Gasteiger charge is -2.15. The van der Waals surface area contributed by atoms with Crippen LogP contribution in [-0.2, 0) is 21.3 Å². The van der Waals surface area contributed by atoms with E-state index in [1.54, 1.807) is 28.9 Å². The Morgan fingerprint density at radius 1 is 1.57 bits per heavy atom. The van der Waals surface area contributed by atoms with E-state index in [1.807, 2.05) is 18.5 Å². The van der Waals surface area contributed by atoms with Crippen molar-refractivity contribution in [3.63, 3.8) is 0 Å². The Bertz CT molecular complexity index is 715. The molecule has 124 valence electrons. The van der Waals surface area contributed by atoms with Crippen LogP contribution in [0, 0.1) is 0 Å². The minimum absolute atomic E-state index is 0.0708. The SMILES string of the molecule is C[C@@H](OC(=O)c1cc2sccc2n1C)C(=O)NC[C@@H]1CCCO1. The molecule has 3 heterocycles. The summed E-state index contributed by atoms with van der Waals surface area (Å²) < 4.78 is 13.5. The van der Waals surface area contributed by atoms with Crippen LogP contribution < -0.4 is 5.32 Å². The second-order valence-corrected chi connectivity index (χ2v) is 6.63. The number of ether oxygens (including phenoxy) is 2. The Hall–Kier alpha value is -1.86. The molecule has 1 fully saturated rings. The Kier molecular flexibility index (Phi) is 4.68. The van der Waals surface area contributed by atoms with Gasteiger partial charge < -0.3 is 19.4 Å². The number of nitrogens with zero attached hydrogens (tertiary/aromatic N) is 1. The van der Waals surface area contributed by atoms with E-state index >= 15 is 0 Å². The molecular weight excluding hydrogens is 316 g/mol. The molecule has 0 bridgehead atoms. The third kappa shape index (κ3) is 3.40. The van der Waals surface area contributed by atoms with Crippen LogP contribution in [0.15, 0.2) is 17.5 Å². The number of aryl methyl sites for hydroxylation is 1. The Morgan fingerprint density at radius 2 is 2.39 bits per heavy atom. The van der Waals surface area contributed by atoms with E-state index in [2.05, 4.69) is 5.32 Å². The average molecular weight is 336 g/mol. The minimum atomic E-state index is -0.836. The third-order valence-corrected chi connectivity index (χ3v) is 4.91. The topological polar surface area (TPSA) is 69.6 Å². The lowest BCUT2D eigenvalue weighted by Crippen LogP contribution is -2.39. The molecule has 3 rings (SSSR count). The molecule has 2 aromatic rings. The zero-order valence-corrected chi connectivity index (χ0v) is 14.0. The summed E-state index contributed by atoms with van der Waals surface area (Å²) in [6, 6.07) is 3.74. The number of hydrogen-bond donors (Lipinski definition) is 1. The first-order valence-corrected chi connectivity index (χ1v) is 8.57. The number of carbonyl (C=O) groups is 2. The van der Waals surface area contributed by atoms with Gasteiger partial charge in [-0.3, -0.25) is 4.79 Å². The van der Waals surface area contributed by atoms with Gasteiger partial charge in [0.1, 0.15) is 5.69 Å². The number of aromatic nitrogens is 1. The highest BCUT2D eigenvalue weighted by Gasteiger charge is 2.23. The second kappa shape index (κ2) is 6.72. The summed E-state index contributed by atoms with van der Waals surface area (Å²) >= 11 is 1.57. The Morgan fingerprint density at radius 3 is 3.09 bits per heavy atom. The third-order valence-electron chi connectivity index (χ3n) is 4.05. The number of rotatable bonds is 5. The van der Waals surface area contributed by atoms with Crippen molar-refractivity contribution in [2.75, 3.05) is 13.2 Å². The van der Waals surface area contributed by atoms with Crippen LogP contribution in [-0.4, -0.2) is 41.8 Å². The average Bonchev–Trinajstić information content (AvgIpc) is 3.23. The summed E-state index contributed by atoms with van der Waals surface area (Å²) in [7, 11) is 1.81. The lowest BCUT2D eigenvalue weighted by molar-refractivity contribution is -0.129. The summed E-state index contributed by atoms with van der Waals surface area (Å²) in [6.07, 6.45) is 1.21. The smallest absolute Gasteiger partial charge is 0.355 e. The maximum absolute atomic E-state index is 12.3. The number of nitrogens with one attached hydrogen (secondary N) is 1. The van der Waals surface area contributed by atoms with Crippen LogP contribution in [0.5, 0.6) is 0 Å². The van der Waals surface area contributed by atoms with Gasteiger partial charge in [-0.25, -0.2) is 4.79 Å². The number of fused-ring (bicyclic) bond motifs is 1. The van der Waals surface area contributed by atoms with E-state index in [9.17, 15) is 9.59 Å². The summed E-state index contributed by atoms with van der Waals surface area (Å²) in [5.74, 6) is -0.791. The maximum Gasteiger partial charge on any atom is 0.355 e. The molecule has 2 atom stereocenters. The molecular formula is C16H20N2O4S. The van der Waals surface area contributed by atoms with Crippen molar-refractivity contribution in [2.45, 2.75) is 32.0 Å². The van der Waals surface area contributed by atoms with Gasteiger partial charge in [-0.05, 0) is 37.3 Å². The quantitative estimate of drug-likeness (QED) is 0.849. The van der Waals surface area contributed by atoms with Gasteiger partial charge in [-0.2, -0.15) is 0 Å². The van der Waals surface area contributed by atoms with E-state index in [4.69, 9.17) is 9.47 Å². The van der Waals surface area contributed by atoms with Gasteiger partial charge in [0.25, 0.3) is 5.91 Å². The molecule has 1 saturated heterocycles. The van der Waals surface area contributed by atoms with Crippen LogP contribution in [0.1, 0.15) is 30.3 Å². The molecule has 1 amide bonds. The highest BCUT2D eigenvalue weighted by atomic mass is 32.1. The number of amides is 1. The molecule has 1 aliphatic rings. The Labute approximate surface area is 138 Å². The maximum atomic E-state index is 12.3. The Balaban J connectivity index is 1.56. The van der Waals surface area contributed by atoms with Crippen molar-refractivity contribution in [3.8, 4) is 0 Å². The van der Waals surface area contributed by atoms with E-state index in [-0.39, 0.29) is 12.0 Å². The van der Waals surface area contributed by atoms with Crippen LogP contribution in [0.2, 0.25) is 0 Å². The minimum Gasteiger partial charge on any atom is -0.448 e. The monoisotopic (exact) mass is 336 g/mol. The molecule has 2 aromatic heterocycles. The van der Waals surface area contributed by atoms with Gasteiger partial charge in [-0.15, -0.1) is 11.3 Å². The standard InChI is InChI=1S/C16H20N2O4S/c1-10(15(19)17-9-11-4-3-6-21-11)22-16(20)13-8-14-12(18(13)2)5-7-23-14/h5,7-8,10-11H,3-4,6,9H2,1-2H3,(H,17,19)/t10-,11+/m1/s1. The van der Waals surface area contributed by atoms with E-state index in [0.29, 0.717) is 12.2 Å². The highest BCUT2D eigenvalue weighted by molar-refractivity contribution is 7.17. The van der Waals surface area contributed by atoms with Crippen LogP contribution in [0.3, 0.4) is 0 Å². The highest BCUT2D eigenvalue weighted by Crippen LogP contribution is 2.24. The van der Waals surface area contributed by atoms with Crippen molar-refractivity contribution < 1.29 is 19.1 Å². The van der Waals surface area contributed by atoms with Crippen molar-refractivity contribution >= 4 is 33.4 Å². The largest absolute Gasteiger partial charge is 0.448 e. The van der Waals surface area contributed by atoms with E-state index < -0.39 is 12.1 Å². The fourth-order valence-corrected chi connectivity index (χ4v) is 3.53. The predicted molar refractivity (Wildman–Crippen MR) is 87.7 cm³/mol. The molecule has 0 aliphatic carbocycles. The fraction of sp³-hybridized carbons (Fsp3) is 0.500. The fourth-order valence-electron chi connectivity index (χ4n) is 2.68. The summed E-state index contributed by atoms with van der Waals surface area (Å²) in [5, 5.41) is 4.74. The first kappa shape index (κ1) is 16.0. The second-order valence-electron chi connectivity index (χ2n) is 5.69. The first-order chi connectivity index (χ1) is 11.1. The summed E-state index contributed by atoms with van der Waals surface area (Å²) in [4.78, 5) is 24.3. The first-order valence-electron chi connectivity index (χ1n) is 7.69. The van der Waals surface area contributed by atoms with Crippen molar-refractivity contribution in [3.05, 3.63) is 23.2 Å². The molecule has 0 aromatic carbocycles. The van der Waals surface area contributed by atoms with Gasteiger partial charge in [0, 0.05) is 20.2 Å². The zero-order chi connectivity index (χ0) is 16.4. The van der Waals surface area contributed by atoms with Crippen molar-refractivity contribution in [2.24, 2.45) is 7.05 Å². The molecule has 23 heavy (non-hydrogen) atoms. The molecule has 1 aliphatic heterocycles. The molecule has 7 heteroatoms. The van der Waals surface area contributed by atoms with E-state index in [0.717, 1.165) is 29.7 Å². The summed E-state index contributed by atoms with van der Waals surface area (Å²) in [6.45, 7) is 2.78. The number of thiophene rings is 1. The van der Waals surface area contributed by atoms with Crippen LogP contribution >= 0.6 is 11.3 Å². The molecule has 0 saturated carbocycles. The van der Waals surface area contributed by atoms with Crippen molar-refractivity contribution in [1.82, 2.24) is 9.88 Å². The van der Waals surface area contributed by atoms with Crippen molar-refractivity contribution in [1.29, 1.82) is 0 Å². The van der Waals surface area contributed by atoms with Crippen LogP contribution in [0.25, 0.3) is 10.2 Å². The predicted octanol–water partition coefficient (Wildman–Crippen LogP) is 2.08. The normalized spacial score (nSPS) is 19.0. The van der Waals surface area contributed by atoms with Crippen LogP contribution in [0.4, 0.5) is 0 Å². The number of esters is 1. The lowest BCUT2D eigenvalue weighted by atomic mass is 10.2.